The molecule has 0 unspecified atom stereocenters. The Hall–Kier alpha value is -1.55. The summed E-state index contributed by atoms with van der Waals surface area (Å²) in [7, 11) is 0. The summed E-state index contributed by atoms with van der Waals surface area (Å²) in [5.74, 6) is -0.0692. The molecule has 2 saturated carbocycles. The zero-order valence-electron chi connectivity index (χ0n) is 22.1. The van der Waals surface area contributed by atoms with Gasteiger partial charge in [-0.1, -0.05) is 76.3 Å². The Balaban J connectivity index is 1.24. The molecule has 2 aliphatic rings. The van der Waals surface area contributed by atoms with Gasteiger partial charge in [0, 0.05) is 5.56 Å². The summed E-state index contributed by atoms with van der Waals surface area (Å²) in [5, 5.41) is -0.565. The van der Waals surface area contributed by atoms with E-state index >= 15 is 0 Å². The van der Waals surface area contributed by atoms with E-state index in [-0.39, 0.29) is 24.3 Å². The van der Waals surface area contributed by atoms with Gasteiger partial charge >= 0.3 is 0 Å². The highest BCUT2D eigenvalue weighted by Gasteiger charge is 2.26. The molecule has 0 radical (unpaired) electrons. The van der Waals surface area contributed by atoms with E-state index in [2.05, 4.69) is 6.92 Å². The minimum Gasteiger partial charge on any atom is -0.207 e. The van der Waals surface area contributed by atoms with Crippen LogP contribution < -0.4 is 0 Å². The molecule has 2 aromatic rings. The summed E-state index contributed by atoms with van der Waals surface area (Å²) in [5.41, 5.74) is 1.04. The quantitative estimate of drug-likeness (QED) is 0.209. The van der Waals surface area contributed by atoms with E-state index in [1.807, 2.05) is 0 Å². The van der Waals surface area contributed by atoms with Gasteiger partial charge in [0.1, 0.15) is 28.3 Å². The van der Waals surface area contributed by atoms with Crippen LogP contribution in [0.3, 0.4) is 0 Å². The first-order valence-corrected chi connectivity index (χ1v) is 14.8. The third-order valence-corrected chi connectivity index (χ3v) is 9.47. The van der Waals surface area contributed by atoms with E-state index in [0.717, 1.165) is 61.1 Å². The molecule has 0 bridgehead atoms. The summed E-state index contributed by atoms with van der Waals surface area (Å²) in [6.45, 7) is 2.28. The van der Waals surface area contributed by atoms with Crippen molar-refractivity contribution in [1.29, 1.82) is 0 Å². The number of halogens is 5. The van der Waals surface area contributed by atoms with Crippen LogP contribution in [-0.2, 0) is 12.8 Å². The number of hydrogen-bond donors (Lipinski definition) is 0. The molecule has 0 heterocycles. The molecule has 0 spiro atoms. The molecule has 0 amide bonds. The lowest BCUT2D eigenvalue weighted by molar-refractivity contribution is 0.222. The highest BCUT2D eigenvalue weighted by atomic mass is 35.5. The molecule has 5 heteroatoms. The Kier molecular flexibility index (Phi) is 10.4. The van der Waals surface area contributed by atoms with Crippen LogP contribution in [0.1, 0.15) is 113 Å². The third kappa shape index (κ3) is 7.74. The fraction of sp³-hybridized carbons (Fsp3) is 0.625. The van der Waals surface area contributed by atoms with Gasteiger partial charge in [0.15, 0.2) is 0 Å². The van der Waals surface area contributed by atoms with E-state index in [4.69, 9.17) is 11.6 Å². The summed E-state index contributed by atoms with van der Waals surface area (Å²) in [6.07, 6.45) is 16.8. The third-order valence-electron chi connectivity index (χ3n) is 9.10. The first-order chi connectivity index (χ1) is 17.8. The lowest BCUT2D eigenvalue weighted by Gasteiger charge is -2.32. The monoisotopic (exact) mass is 536 g/mol. The highest BCUT2D eigenvalue weighted by Crippen LogP contribution is 2.41. The smallest absolute Gasteiger partial charge is 0.145 e. The van der Waals surface area contributed by atoms with Crippen LogP contribution in [0, 0.1) is 41.0 Å². The fourth-order valence-electron chi connectivity index (χ4n) is 6.68. The summed E-state index contributed by atoms with van der Waals surface area (Å²) in [6, 6.07) is 5.19. The zero-order chi connectivity index (χ0) is 26.4. The minimum atomic E-state index is -0.863. The molecule has 4 rings (SSSR count). The molecule has 0 aliphatic heterocycles. The van der Waals surface area contributed by atoms with Crippen molar-refractivity contribution in [2.24, 2.45) is 17.8 Å². The van der Waals surface area contributed by atoms with Gasteiger partial charge in [-0.05, 0) is 97.6 Å². The van der Waals surface area contributed by atoms with Crippen molar-refractivity contribution in [2.45, 2.75) is 109 Å². The molecule has 0 aromatic heterocycles. The topological polar surface area (TPSA) is 0 Å². The van der Waals surface area contributed by atoms with Crippen LogP contribution in [0.15, 0.2) is 24.3 Å². The van der Waals surface area contributed by atoms with Gasteiger partial charge in [-0.15, -0.1) is 0 Å². The van der Waals surface area contributed by atoms with E-state index in [1.165, 1.54) is 69.9 Å². The summed E-state index contributed by atoms with van der Waals surface area (Å²) in [4.78, 5) is 0. The predicted octanol–water partition coefficient (Wildman–Crippen LogP) is 10.7. The van der Waals surface area contributed by atoms with Crippen LogP contribution in [0.25, 0.3) is 0 Å². The fourth-order valence-corrected chi connectivity index (χ4v) is 6.79. The van der Waals surface area contributed by atoms with Gasteiger partial charge in [-0.3, -0.25) is 0 Å². The minimum absolute atomic E-state index is 0.0300. The lowest BCUT2D eigenvalue weighted by Crippen LogP contribution is -2.18. The van der Waals surface area contributed by atoms with Crippen LogP contribution in [0.2, 0.25) is 5.02 Å². The standard InChI is InChI=1S/C32H41ClF4/c1-2-3-4-21-5-7-22(8-6-21)9-10-23-11-14-25(15-12-23)26-19-28(34)27(29(35)20-26)16-13-24-17-30(36)32(33)31(37)18-24/h17-23,25H,2-16H2,1H3/t21-,22-,23-,25-. The van der Waals surface area contributed by atoms with Gasteiger partial charge < -0.3 is 0 Å². The van der Waals surface area contributed by atoms with Crippen LogP contribution in [-0.4, -0.2) is 0 Å². The first kappa shape index (κ1) is 28.5. The largest absolute Gasteiger partial charge is 0.207 e. The molecule has 2 fully saturated rings. The summed E-state index contributed by atoms with van der Waals surface area (Å²) < 4.78 is 57.1. The first-order valence-electron chi connectivity index (χ1n) is 14.4. The van der Waals surface area contributed by atoms with Crippen molar-refractivity contribution in [2.75, 3.05) is 0 Å². The van der Waals surface area contributed by atoms with E-state index in [0.29, 0.717) is 5.56 Å². The van der Waals surface area contributed by atoms with Crippen LogP contribution in [0.5, 0.6) is 0 Å². The van der Waals surface area contributed by atoms with Gasteiger partial charge in [0.05, 0.1) is 0 Å². The molecule has 0 saturated heterocycles. The van der Waals surface area contributed by atoms with Gasteiger partial charge in [-0.2, -0.15) is 0 Å². The second-order valence-electron chi connectivity index (χ2n) is 11.7. The zero-order valence-corrected chi connectivity index (χ0v) is 22.9. The Morgan fingerprint density at radius 1 is 0.649 bits per heavy atom. The van der Waals surface area contributed by atoms with Crippen LogP contribution >= 0.6 is 11.6 Å². The highest BCUT2D eigenvalue weighted by molar-refractivity contribution is 6.30. The molecule has 37 heavy (non-hydrogen) atoms. The number of rotatable bonds is 10. The maximum Gasteiger partial charge on any atom is 0.145 e. The van der Waals surface area contributed by atoms with Crippen molar-refractivity contribution >= 4 is 11.6 Å². The van der Waals surface area contributed by atoms with Crippen molar-refractivity contribution in [1.82, 2.24) is 0 Å². The molecule has 2 aliphatic carbocycles. The average Bonchev–Trinajstić information content (AvgIpc) is 2.89. The normalized spacial score (nSPS) is 24.4. The number of aryl methyl sites for hydroxylation is 1. The van der Waals surface area contributed by atoms with Crippen LogP contribution in [0.4, 0.5) is 17.6 Å². The van der Waals surface area contributed by atoms with Crippen molar-refractivity contribution in [3.8, 4) is 0 Å². The predicted molar refractivity (Wildman–Crippen MR) is 144 cm³/mol. The Morgan fingerprint density at radius 2 is 1.14 bits per heavy atom. The number of unbranched alkanes of at least 4 members (excludes halogenated alkanes) is 1. The second kappa shape index (κ2) is 13.5. The maximum absolute atomic E-state index is 14.9. The van der Waals surface area contributed by atoms with Gasteiger partial charge in [0.25, 0.3) is 0 Å². The molecule has 0 nitrogen and oxygen atoms in total. The Morgan fingerprint density at radius 3 is 1.65 bits per heavy atom. The van der Waals surface area contributed by atoms with Gasteiger partial charge in [0.2, 0.25) is 0 Å². The number of benzene rings is 2. The van der Waals surface area contributed by atoms with E-state index < -0.39 is 28.3 Å². The Labute approximate surface area is 225 Å². The van der Waals surface area contributed by atoms with Crippen molar-refractivity contribution in [3.63, 3.8) is 0 Å². The molecule has 0 N–H and O–H groups in total. The summed E-state index contributed by atoms with van der Waals surface area (Å²) >= 11 is 5.52. The maximum atomic E-state index is 14.9. The number of hydrogen-bond acceptors (Lipinski definition) is 0. The second-order valence-corrected chi connectivity index (χ2v) is 12.0. The molecular weight excluding hydrogens is 496 g/mol. The molecular formula is C32H41ClF4. The molecule has 0 atom stereocenters. The average molecular weight is 537 g/mol. The molecule has 204 valence electrons. The van der Waals surface area contributed by atoms with E-state index in [1.54, 1.807) is 0 Å². The van der Waals surface area contributed by atoms with Gasteiger partial charge in [-0.25, -0.2) is 17.6 Å². The molecule has 2 aromatic carbocycles. The SMILES string of the molecule is CCCC[C@H]1CC[C@H](CC[C@H]2CC[C@H](c3cc(F)c(CCc4cc(F)c(Cl)c(F)c4)c(F)c3)CC2)CC1. The lowest BCUT2D eigenvalue weighted by atomic mass is 9.74. The van der Waals surface area contributed by atoms with Crippen molar-refractivity contribution in [3.05, 3.63) is 69.2 Å². The van der Waals surface area contributed by atoms with E-state index in [9.17, 15) is 17.6 Å². The van der Waals surface area contributed by atoms with Crippen molar-refractivity contribution < 1.29 is 17.6 Å². The Bertz CT molecular complexity index is 973.